The molecule has 0 spiro atoms. The van der Waals surface area contributed by atoms with Crippen LogP contribution >= 0.6 is 0 Å². The molecule has 0 aliphatic carbocycles. The van der Waals surface area contributed by atoms with Crippen LogP contribution in [0.4, 0.5) is 4.79 Å². The standard InChI is InChI=1S/C13H21N3O4/c17-11(2-1-3-12(18)19)15-13(20)14-10-8-16-6-4-9(10)5-7-16/h9-10H,1-8H2,(H,18,19)(H2,14,15,17,20). The number of carbonyl (C=O) groups is 3. The zero-order valence-corrected chi connectivity index (χ0v) is 11.4. The molecule has 2 bridgehead atoms. The lowest BCUT2D eigenvalue weighted by Crippen LogP contribution is -2.59. The monoisotopic (exact) mass is 283 g/mol. The second-order valence-corrected chi connectivity index (χ2v) is 5.51. The number of urea groups is 1. The lowest BCUT2D eigenvalue weighted by atomic mass is 9.84. The highest BCUT2D eigenvalue weighted by atomic mass is 16.4. The molecule has 0 saturated carbocycles. The van der Waals surface area contributed by atoms with E-state index in [1.54, 1.807) is 0 Å². The van der Waals surface area contributed by atoms with Crippen molar-refractivity contribution in [3.63, 3.8) is 0 Å². The Hall–Kier alpha value is -1.63. The van der Waals surface area contributed by atoms with Gasteiger partial charge in [0.05, 0.1) is 0 Å². The Labute approximate surface area is 117 Å². The normalized spacial score (nSPS) is 27.9. The molecule has 0 aromatic carbocycles. The Bertz CT molecular complexity index is 391. The first-order chi connectivity index (χ1) is 9.54. The molecule has 3 heterocycles. The number of nitrogens with one attached hydrogen (secondary N) is 2. The van der Waals surface area contributed by atoms with E-state index in [9.17, 15) is 14.4 Å². The molecule has 3 N–H and O–H groups in total. The van der Waals surface area contributed by atoms with Crippen molar-refractivity contribution in [3.8, 4) is 0 Å². The Morgan fingerprint density at radius 1 is 1.15 bits per heavy atom. The van der Waals surface area contributed by atoms with Crippen LogP contribution < -0.4 is 10.6 Å². The van der Waals surface area contributed by atoms with E-state index in [2.05, 4.69) is 15.5 Å². The molecule has 1 unspecified atom stereocenters. The fourth-order valence-electron chi connectivity index (χ4n) is 2.92. The van der Waals surface area contributed by atoms with E-state index in [0.29, 0.717) is 5.92 Å². The van der Waals surface area contributed by atoms with Gasteiger partial charge in [-0.2, -0.15) is 0 Å². The van der Waals surface area contributed by atoms with Crippen molar-refractivity contribution < 1.29 is 19.5 Å². The number of hydrogen-bond donors (Lipinski definition) is 3. The molecule has 0 radical (unpaired) electrons. The fraction of sp³-hybridized carbons (Fsp3) is 0.769. The first-order valence-corrected chi connectivity index (χ1v) is 7.09. The van der Waals surface area contributed by atoms with Gasteiger partial charge in [0.25, 0.3) is 0 Å². The third-order valence-corrected chi connectivity index (χ3v) is 4.02. The number of hydrogen-bond acceptors (Lipinski definition) is 4. The van der Waals surface area contributed by atoms with Gasteiger partial charge < -0.3 is 15.3 Å². The molecular formula is C13H21N3O4. The summed E-state index contributed by atoms with van der Waals surface area (Å²) in [6, 6.07) is -0.353. The summed E-state index contributed by atoms with van der Waals surface area (Å²) in [6.07, 6.45) is 2.43. The minimum Gasteiger partial charge on any atom is -0.481 e. The predicted molar refractivity (Wildman–Crippen MR) is 71.1 cm³/mol. The van der Waals surface area contributed by atoms with Gasteiger partial charge >= 0.3 is 12.0 Å². The van der Waals surface area contributed by atoms with E-state index in [0.717, 1.165) is 32.5 Å². The summed E-state index contributed by atoms with van der Waals surface area (Å²) in [5.41, 5.74) is 0. The van der Waals surface area contributed by atoms with E-state index in [1.165, 1.54) is 0 Å². The number of aliphatic carboxylic acids is 1. The highest BCUT2D eigenvalue weighted by molar-refractivity contribution is 5.94. The van der Waals surface area contributed by atoms with Gasteiger partial charge in [0, 0.05) is 25.4 Å². The summed E-state index contributed by atoms with van der Waals surface area (Å²) in [7, 11) is 0. The average molecular weight is 283 g/mol. The van der Waals surface area contributed by atoms with E-state index in [-0.39, 0.29) is 25.3 Å². The number of piperidine rings is 3. The van der Waals surface area contributed by atoms with Gasteiger partial charge in [-0.05, 0) is 38.3 Å². The van der Waals surface area contributed by atoms with Gasteiger partial charge in [-0.3, -0.25) is 14.9 Å². The molecule has 3 saturated heterocycles. The number of rotatable bonds is 5. The van der Waals surface area contributed by atoms with Gasteiger partial charge in [-0.15, -0.1) is 0 Å². The van der Waals surface area contributed by atoms with Crippen molar-refractivity contribution >= 4 is 17.9 Å². The summed E-state index contributed by atoms with van der Waals surface area (Å²) in [4.78, 5) is 35.8. The van der Waals surface area contributed by atoms with Crippen molar-refractivity contribution in [1.29, 1.82) is 0 Å². The van der Waals surface area contributed by atoms with Crippen molar-refractivity contribution in [3.05, 3.63) is 0 Å². The predicted octanol–water partition coefficient (Wildman–Crippen LogP) is 0.161. The first-order valence-electron chi connectivity index (χ1n) is 7.09. The molecule has 112 valence electrons. The van der Waals surface area contributed by atoms with Gasteiger partial charge in [-0.1, -0.05) is 0 Å². The van der Waals surface area contributed by atoms with Crippen molar-refractivity contribution in [2.24, 2.45) is 5.92 Å². The quantitative estimate of drug-likeness (QED) is 0.667. The molecule has 3 aliphatic rings. The molecule has 3 amide bonds. The third-order valence-electron chi connectivity index (χ3n) is 4.02. The van der Waals surface area contributed by atoms with Crippen LogP contribution in [-0.4, -0.2) is 53.6 Å². The highest BCUT2D eigenvalue weighted by Gasteiger charge is 2.34. The average Bonchev–Trinajstić information content (AvgIpc) is 2.39. The number of carbonyl (C=O) groups excluding carboxylic acids is 2. The van der Waals surface area contributed by atoms with Crippen molar-refractivity contribution in [2.45, 2.75) is 38.1 Å². The summed E-state index contributed by atoms with van der Waals surface area (Å²) < 4.78 is 0. The molecule has 3 fully saturated rings. The van der Waals surface area contributed by atoms with Gasteiger partial charge in [-0.25, -0.2) is 4.79 Å². The van der Waals surface area contributed by atoms with Gasteiger partial charge in [0.1, 0.15) is 0 Å². The minimum atomic E-state index is -0.936. The maximum Gasteiger partial charge on any atom is 0.321 e. The Balaban J connectivity index is 1.67. The van der Waals surface area contributed by atoms with Crippen molar-refractivity contribution in [1.82, 2.24) is 15.5 Å². The first kappa shape index (κ1) is 14.8. The van der Waals surface area contributed by atoms with Crippen molar-refractivity contribution in [2.75, 3.05) is 19.6 Å². The second-order valence-electron chi connectivity index (χ2n) is 5.51. The van der Waals surface area contributed by atoms with Crippen LogP contribution in [0.5, 0.6) is 0 Å². The fourth-order valence-corrected chi connectivity index (χ4v) is 2.92. The summed E-state index contributed by atoms with van der Waals surface area (Å²) in [5, 5.41) is 13.6. The molecule has 3 rings (SSSR count). The lowest BCUT2D eigenvalue weighted by molar-refractivity contribution is -0.137. The number of carboxylic acid groups (broad SMARTS) is 1. The van der Waals surface area contributed by atoms with Crippen LogP contribution in [0, 0.1) is 5.92 Å². The Morgan fingerprint density at radius 3 is 2.40 bits per heavy atom. The third kappa shape index (κ3) is 4.19. The van der Waals surface area contributed by atoms with Gasteiger partial charge in [0.15, 0.2) is 0 Å². The number of carboxylic acids is 1. The largest absolute Gasteiger partial charge is 0.481 e. The highest BCUT2D eigenvalue weighted by Crippen LogP contribution is 2.27. The zero-order valence-electron chi connectivity index (χ0n) is 11.4. The van der Waals surface area contributed by atoms with E-state index in [1.807, 2.05) is 0 Å². The molecule has 20 heavy (non-hydrogen) atoms. The second kappa shape index (κ2) is 6.69. The molecule has 3 aliphatic heterocycles. The number of amides is 3. The molecule has 7 nitrogen and oxygen atoms in total. The maximum absolute atomic E-state index is 11.7. The summed E-state index contributed by atoms with van der Waals surface area (Å²) >= 11 is 0. The number of fused-ring (bicyclic) bond motifs is 3. The van der Waals surface area contributed by atoms with Crippen LogP contribution in [0.15, 0.2) is 0 Å². The van der Waals surface area contributed by atoms with Crippen LogP contribution in [-0.2, 0) is 9.59 Å². The molecule has 0 aromatic rings. The molecular weight excluding hydrogens is 262 g/mol. The van der Waals surface area contributed by atoms with Gasteiger partial charge in [0.2, 0.25) is 5.91 Å². The molecule has 1 atom stereocenters. The van der Waals surface area contributed by atoms with Crippen LogP contribution in [0.2, 0.25) is 0 Å². The Kier molecular flexibility index (Phi) is 4.94. The number of nitrogens with zero attached hydrogens (tertiary/aromatic N) is 1. The van der Waals surface area contributed by atoms with E-state index >= 15 is 0 Å². The summed E-state index contributed by atoms with van der Waals surface area (Å²) in [5.74, 6) is -0.854. The SMILES string of the molecule is O=C(O)CCCC(=O)NC(=O)NC1CN2CCC1CC2. The Morgan fingerprint density at radius 2 is 1.85 bits per heavy atom. The minimum absolute atomic E-state index is 0.0555. The lowest BCUT2D eigenvalue weighted by Gasteiger charge is -2.44. The maximum atomic E-state index is 11.7. The topological polar surface area (TPSA) is 98.7 Å². The summed E-state index contributed by atoms with van der Waals surface area (Å²) in [6.45, 7) is 3.04. The van der Waals surface area contributed by atoms with E-state index in [4.69, 9.17) is 5.11 Å². The molecule has 7 heteroatoms. The van der Waals surface area contributed by atoms with E-state index < -0.39 is 17.9 Å². The van der Waals surface area contributed by atoms with Crippen LogP contribution in [0.25, 0.3) is 0 Å². The smallest absolute Gasteiger partial charge is 0.321 e. The zero-order chi connectivity index (χ0) is 14.5. The molecule has 0 aromatic heterocycles. The number of imide groups is 1. The van der Waals surface area contributed by atoms with Crippen LogP contribution in [0.1, 0.15) is 32.1 Å². The van der Waals surface area contributed by atoms with Crippen LogP contribution in [0.3, 0.4) is 0 Å².